The van der Waals surface area contributed by atoms with Crippen molar-refractivity contribution in [3.8, 4) is 0 Å². The minimum atomic E-state index is 0.377. The normalized spacial score (nSPS) is 12.3. The fraction of sp³-hybridized carbons (Fsp3) is 0.250. The van der Waals surface area contributed by atoms with Crippen LogP contribution < -0.4 is 5.32 Å². The highest BCUT2D eigenvalue weighted by molar-refractivity contribution is 6.31. The molecular formula is C16H18ClN. The molecule has 0 aromatic heterocycles. The second-order valence-corrected chi connectivity index (χ2v) is 4.75. The molecule has 1 unspecified atom stereocenters. The Bertz CT molecular complexity index is 481. The zero-order valence-corrected chi connectivity index (χ0v) is 11.3. The first kappa shape index (κ1) is 13.1. The summed E-state index contributed by atoms with van der Waals surface area (Å²) in [7, 11) is 0. The zero-order valence-electron chi connectivity index (χ0n) is 10.6. The number of halogens is 1. The van der Waals surface area contributed by atoms with Crippen molar-refractivity contribution in [3.63, 3.8) is 0 Å². The van der Waals surface area contributed by atoms with E-state index in [9.17, 15) is 0 Å². The summed E-state index contributed by atoms with van der Waals surface area (Å²) in [6, 6.07) is 18.9. The van der Waals surface area contributed by atoms with Crippen molar-refractivity contribution in [1.82, 2.24) is 5.32 Å². The van der Waals surface area contributed by atoms with Crippen LogP contribution in [-0.2, 0) is 6.54 Å². The van der Waals surface area contributed by atoms with Gasteiger partial charge in [0.1, 0.15) is 0 Å². The topological polar surface area (TPSA) is 12.0 Å². The lowest BCUT2D eigenvalue weighted by atomic mass is 10.0. The van der Waals surface area contributed by atoms with Crippen LogP contribution in [0.4, 0.5) is 0 Å². The summed E-state index contributed by atoms with van der Waals surface area (Å²) < 4.78 is 0. The standard InChI is InChI=1S/C16H18ClN/c1-2-16(13-8-4-3-5-9-13)18-12-14-10-6-7-11-15(14)17/h3-11,16,18H,2,12H2,1H3. The van der Waals surface area contributed by atoms with Crippen molar-refractivity contribution in [1.29, 1.82) is 0 Å². The van der Waals surface area contributed by atoms with Gasteiger partial charge >= 0.3 is 0 Å². The van der Waals surface area contributed by atoms with Gasteiger partial charge in [0.15, 0.2) is 0 Å². The van der Waals surface area contributed by atoms with E-state index in [-0.39, 0.29) is 0 Å². The minimum absolute atomic E-state index is 0.377. The Morgan fingerprint density at radius 2 is 1.67 bits per heavy atom. The first-order chi connectivity index (χ1) is 8.81. The molecule has 0 radical (unpaired) electrons. The second kappa shape index (κ2) is 6.58. The van der Waals surface area contributed by atoms with Gasteiger partial charge in [-0.3, -0.25) is 0 Å². The lowest BCUT2D eigenvalue weighted by molar-refractivity contribution is 0.519. The quantitative estimate of drug-likeness (QED) is 0.829. The molecule has 0 aliphatic rings. The average molecular weight is 260 g/mol. The monoisotopic (exact) mass is 259 g/mol. The third kappa shape index (κ3) is 3.34. The predicted octanol–water partition coefficient (Wildman–Crippen LogP) is 4.58. The summed E-state index contributed by atoms with van der Waals surface area (Å²) in [6.45, 7) is 2.99. The molecule has 2 heteroatoms. The molecule has 0 spiro atoms. The fourth-order valence-electron chi connectivity index (χ4n) is 2.06. The van der Waals surface area contributed by atoms with E-state index in [2.05, 4.69) is 42.6 Å². The predicted molar refractivity (Wildman–Crippen MR) is 77.8 cm³/mol. The van der Waals surface area contributed by atoms with Gasteiger partial charge in [-0.1, -0.05) is 67.1 Å². The number of rotatable bonds is 5. The van der Waals surface area contributed by atoms with Gasteiger partial charge in [0.05, 0.1) is 0 Å². The van der Waals surface area contributed by atoms with Gasteiger partial charge in [0, 0.05) is 17.6 Å². The molecule has 0 heterocycles. The van der Waals surface area contributed by atoms with E-state index in [1.807, 2.05) is 24.3 Å². The van der Waals surface area contributed by atoms with Crippen LogP contribution in [0.5, 0.6) is 0 Å². The summed E-state index contributed by atoms with van der Waals surface area (Å²) in [5, 5.41) is 4.39. The van der Waals surface area contributed by atoms with Gasteiger partial charge in [-0.25, -0.2) is 0 Å². The van der Waals surface area contributed by atoms with E-state index in [0.717, 1.165) is 23.6 Å². The van der Waals surface area contributed by atoms with E-state index < -0.39 is 0 Å². The van der Waals surface area contributed by atoms with Crippen LogP contribution in [0, 0.1) is 0 Å². The zero-order chi connectivity index (χ0) is 12.8. The Kier molecular flexibility index (Phi) is 4.80. The maximum absolute atomic E-state index is 6.16. The molecule has 2 aromatic rings. The molecule has 1 atom stereocenters. The second-order valence-electron chi connectivity index (χ2n) is 4.34. The van der Waals surface area contributed by atoms with Gasteiger partial charge in [-0.05, 0) is 23.6 Å². The Hall–Kier alpha value is -1.31. The first-order valence-electron chi connectivity index (χ1n) is 6.33. The van der Waals surface area contributed by atoms with E-state index in [1.54, 1.807) is 0 Å². The van der Waals surface area contributed by atoms with Crippen molar-refractivity contribution in [2.45, 2.75) is 25.9 Å². The van der Waals surface area contributed by atoms with Gasteiger partial charge < -0.3 is 5.32 Å². The van der Waals surface area contributed by atoms with Gasteiger partial charge in [0.2, 0.25) is 0 Å². The van der Waals surface area contributed by atoms with E-state index >= 15 is 0 Å². The molecule has 1 N–H and O–H groups in total. The number of benzene rings is 2. The van der Waals surface area contributed by atoms with E-state index in [1.165, 1.54) is 5.56 Å². The molecule has 0 saturated heterocycles. The summed E-state index contributed by atoms with van der Waals surface area (Å²) >= 11 is 6.16. The van der Waals surface area contributed by atoms with Crippen molar-refractivity contribution in [2.75, 3.05) is 0 Å². The van der Waals surface area contributed by atoms with Crippen molar-refractivity contribution in [2.24, 2.45) is 0 Å². The van der Waals surface area contributed by atoms with Crippen LogP contribution in [0.25, 0.3) is 0 Å². The van der Waals surface area contributed by atoms with Crippen LogP contribution >= 0.6 is 11.6 Å². The molecule has 0 aliphatic carbocycles. The molecule has 0 aliphatic heterocycles. The number of hydrogen-bond donors (Lipinski definition) is 1. The van der Waals surface area contributed by atoms with Crippen molar-refractivity contribution < 1.29 is 0 Å². The first-order valence-corrected chi connectivity index (χ1v) is 6.70. The molecule has 2 aromatic carbocycles. The lowest BCUT2D eigenvalue weighted by Gasteiger charge is -2.17. The molecule has 94 valence electrons. The average Bonchev–Trinajstić information content (AvgIpc) is 2.42. The smallest absolute Gasteiger partial charge is 0.0450 e. The lowest BCUT2D eigenvalue weighted by Crippen LogP contribution is -2.20. The molecule has 0 amide bonds. The number of nitrogens with one attached hydrogen (secondary N) is 1. The maximum atomic E-state index is 6.16. The summed E-state index contributed by atoms with van der Waals surface area (Å²) in [5.41, 5.74) is 2.47. The van der Waals surface area contributed by atoms with Crippen molar-refractivity contribution in [3.05, 3.63) is 70.7 Å². The summed E-state index contributed by atoms with van der Waals surface area (Å²) in [6.07, 6.45) is 1.06. The highest BCUT2D eigenvalue weighted by atomic mass is 35.5. The Morgan fingerprint density at radius 3 is 2.33 bits per heavy atom. The maximum Gasteiger partial charge on any atom is 0.0450 e. The summed E-state index contributed by atoms with van der Waals surface area (Å²) in [5.74, 6) is 0. The molecule has 18 heavy (non-hydrogen) atoms. The Morgan fingerprint density at radius 1 is 1.00 bits per heavy atom. The third-order valence-corrected chi connectivity index (χ3v) is 3.48. The number of hydrogen-bond acceptors (Lipinski definition) is 1. The highest BCUT2D eigenvalue weighted by Crippen LogP contribution is 2.19. The largest absolute Gasteiger partial charge is 0.306 e. The fourth-order valence-corrected chi connectivity index (χ4v) is 2.26. The highest BCUT2D eigenvalue weighted by Gasteiger charge is 2.08. The molecule has 1 nitrogen and oxygen atoms in total. The van der Waals surface area contributed by atoms with Gasteiger partial charge in [-0.15, -0.1) is 0 Å². The molecular weight excluding hydrogens is 242 g/mol. The molecule has 0 bridgehead atoms. The summed E-state index contributed by atoms with van der Waals surface area (Å²) in [4.78, 5) is 0. The van der Waals surface area contributed by atoms with Crippen LogP contribution in [0.2, 0.25) is 5.02 Å². The minimum Gasteiger partial charge on any atom is -0.306 e. The van der Waals surface area contributed by atoms with E-state index in [4.69, 9.17) is 11.6 Å². The molecule has 0 fully saturated rings. The van der Waals surface area contributed by atoms with Crippen molar-refractivity contribution >= 4 is 11.6 Å². The van der Waals surface area contributed by atoms with E-state index in [0.29, 0.717) is 6.04 Å². The Balaban J connectivity index is 2.02. The SMILES string of the molecule is CCC(NCc1ccccc1Cl)c1ccccc1. The van der Waals surface area contributed by atoms with Crippen LogP contribution in [0.15, 0.2) is 54.6 Å². The van der Waals surface area contributed by atoms with Gasteiger partial charge in [-0.2, -0.15) is 0 Å². The Labute approximate surface area is 114 Å². The van der Waals surface area contributed by atoms with Gasteiger partial charge in [0.25, 0.3) is 0 Å². The molecule has 0 saturated carbocycles. The third-order valence-electron chi connectivity index (χ3n) is 3.11. The van der Waals surface area contributed by atoms with Crippen LogP contribution in [-0.4, -0.2) is 0 Å². The molecule has 2 rings (SSSR count). The van der Waals surface area contributed by atoms with Crippen LogP contribution in [0.3, 0.4) is 0 Å². The van der Waals surface area contributed by atoms with Crippen LogP contribution in [0.1, 0.15) is 30.5 Å².